The molecule has 0 radical (unpaired) electrons. The molecule has 1 atom stereocenters. The van der Waals surface area contributed by atoms with Gasteiger partial charge in [0.15, 0.2) is 6.10 Å². The van der Waals surface area contributed by atoms with Crippen LogP contribution in [0, 0.1) is 6.92 Å². The lowest BCUT2D eigenvalue weighted by Crippen LogP contribution is -2.47. The Hall–Kier alpha value is -3.35. The Labute approximate surface area is 177 Å². The van der Waals surface area contributed by atoms with Crippen LogP contribution in [-0.2, 0) is 9.59 Å². The van der Waals surface area contributed by atoms with Gasteiger partial charge in [0, 0.05) is 17.7 Å². The molecule has 0 fully saturated rings. The summed E-state index contributed by atoms with van der Waals surface area (Å²) in [6, 6.07) is 13.9. The average molecular weight is 412 g/mol. The van der Waals surface area contributed by atoms with Crippen LogP contribution in [0.2, 0.25) is 0 Å². The number of aryl methyl sites for hydroxylation is 1. The van der Waals surface area contributed by atoms with Gasteiger partial charge in [-0.25, -0.2) is 0 Å². The Morgan fingerprint density at radius 3 is 2.37 bits per heavy atom. The van der Waals surface area contributed by atoms with Gasteiger partial charge < -0.3 is 10.1 Å². The van der Waals surface area contributed by atoms with Crippen LogP contribution in [0.4, 0.5) is 5.69 Å². The number of amides is 3. The van der Waals surface area contributed by atoms with Crippen molar-refractivity contribution in [2.75, 3.05) is 5.32 Å². The Morgan fingerprint density at radius 1 is 1.00 bits per heavy atom. The van der Waals surface area contributed by atoms with E-state index >= 15 is 0 Å². The van der Waals surface area contributed by atoms with Crippen molar-refractivity contribution in [2.45, 2.75) is 52.6 Å². The molecule has 30 heavy (non-hydrogen) atoms. The molecule has 0 saturated carbocycles. The summed E-state index contributed by atoms with van der Waals surface area (Å²) in [5.74, 6) is -0.356. The SMILES string of the molecule is CCCCC(=O)Nc1ccc(C(=O)NNC(=O)C(CC)Oc2cccc(C)c2)cc1. The zero-order chi connectivity index (χ0) is 21.9. The largest absolute Gasteiger partial charge is 0.481 e. The zero-order valence-corrected chi connectivity index (χ0v) is 17.7. The van der Waals surface area contributed by atoms with Gasteiger partial charge >= 0.3 is 0 Å². The molecule has 3 N–H and O–H groups in total. The van der Waals surface area contributed by atoms with Crippen molar-refractivity contribution >= 4 is 23.4 Å². The summed E-state index contributed by atoms with van der Waals surface area (Å²) >= 11 is 0. The molecule has 0 aliphatic heterocycles. The molecule has 160 valence electrons. The predicted molar refractivity (Wildman–Crippen MR) is 116 cm³/mol. The van der Waals surface area contributed by atoms with Crippen molar-refractivity contribution in [1.29, 1.82) is 0 Å². The van der Waals surface area contributed by atoms with Crippen LogP contribution in [-0.4, -0.2) is 23.8 Å². The molecule has 0 aliphatic carbocycles. The fraction of sp³-hybridized carbons (Fsp3) is 0.348. The number of unbranched alkanes of at least 4 members (excludes halogenated alkanes) is 1. The van der Waals surface area contributed by atoms with Crippen molar-refractivity contribution in [3.63, 3.8) is 0 Å². The Morgan fingerprint density at radius 2 is 1.73 bits per heavy atom. The summed E-state index contributed by atoms with van der Waals surface area (Å²) in [6.07, 6.45) is 1.97. The number of carbonyl (C=O) groups is 3. The molecule has 0 aromatic heterocycles. The standard InChI is InChI=1S/C23H29N3O4/c1-4-6-10-21(27)24-18-13-11-17(12-14-18)22(28)25-26-23(29)20(5-2)30-19-9-7-8-16(3)15-19/h7-9,11-15,20H,4-6,10H2,1-3H3,(H,24,27)(H,25,28)(H,26,29). The lowest BCUT2D eigenvalue weighted by Gasteiger charge is -2.18. The third kappa shape index (κ3) is 7.24. The highest BCUT2D eigenvalue weighted by molar-refractivity contribution is 5.97. The van der Waals surface area contributed by atoms with E-state index in [9.17, 15) is 14.4 Å². The molecule has 0 saturated heterocycles. The first-order chi connectivity index (χ1) is 14.4. The van der Waals surface area contributed by atoms with E-state index in [4.69, 9.17) is 4.74 Å². The van der Waals surface area contributed by atoms with Gasteiger partial charge in [-0.15, -0.1) is 0 Å². The molecule has 3 amide bonds. The second-order valence-corrected chi connectivity index (χ2v) is 7.00. The Balaban J connectivity index is 1.86. The van der Waals surface area contributed by atoms with Gasteiger partial charge in [0.2, 0.25) is 5.91 Å². The van der Waals surface area contributed by atoms with Crippen molar-refractivity contribution in [1.82, 2.24) is 10.9 Å². The van der Waals surface area contributed by atoms with Gasteiger partial charge in [0.25, 0.3) is 11.8 Å². The molecule has 2 aromatic rings. The topological polar surface area (TPSA) is 96.5 Å². The fourth-order valence-corrected chi connectivity index (χ4v) is 2.71. The number of hydrazine groups is 1. The number of ether oxygens (including phenoxy) is 1. The van der Waals surface area contributed by atoms with Crippen molar-refractivity contribution < 1.29 is 19.1 Å². The van der Waals surface area contributed by atoms with E-state index in [1.165, 1.54) is 0 Å². The van der Waals surface area contributed by atoms with E-state index in [1.54, 1.807) is 30.3 Å². The number of hydrogen-bond acceptors (Lipinski definition) is 4. The third-order valence-corrected chi connectivity index (χ3v) is 4.42. The Kier molecular flexibility index (Phi) is 8.87. The van der Waals surface area contributed by atoms with Gasteiger partial charge in [0.1, 0.15) is 5.75 Å². The monoisotopic (exact) mass is 411 g/mol. The van der Waals surface area contributed by atoms with Gasteiger partial charge in [-0.2, -0.15) is 0 Å². The maximum atomic E-state index is 12.4. The first kappa shape index (κ1) is 22.9. The average Bonchev–Trinajstić information content (AvgIpc) is 2.74. The number of nitrogens with one attached hydrogen (secondary N) is 3. The van der Waals surface area contributed by atoms with Crippen LogP contribution in [0.25, 0.3) is 0 Å². The summed E-state index contributed by atoms with van der Waals surface area (Å²) in [4.78, 5) is 36.4. The summed E-state index contributed by atoms with van der Waals surface area (Å²) in [5, 5.41) is 2.79. The van der Waals surface area contributed by atoms with Crippen LogP contribution >= 0.6 is 0 Å². The molecule has 0 bridgehead atoms. The molecule has 0 spiro atoms. The van der Waals surface area contributed by atoms with Gasteiger partial charge in [-0.3, -0.25) is 25.2 Å². The van der Waals surface area contributed by atoms with Crippen LogP contribution in [0.15, 0.2) is 48.5 Å². The first-order valence-corrected chi connectivity index (χ1v) is 10.2. The van der Waals surface area contributed by atoms with Gasteiger partial charge in [0.05, 0.1) is 0 Å². The maximum Gasteiger partial charge on any atom is 0.279 e. The number of benzene rings is 2. The molecule has 2 aromatic carbocycles. The highest BCUT2D eigenvalue weighted by Gasteiger charge is 2.19. The van der Waals surface area contributed by atoms with Gasteiger partial charge in [-0.05, 0) is 61.7 Å². The van der Waals surface area contributed by atoms with Crippen LogP contribution in [0.3, 0.4) is 0 Å². The second-order valence-electron chi connectivity index (χ2n) is 7.00. The smallest absolute Gasteiger partial charge is 0.279 e. The van der Waals surface area contributed by atoms with Crippen LogP contribution in [0.1, 0.15) is 55.5 Å². The van der Waals surface area contributed by atoms with E-state index in [2.05, 4.69) is 16.2 Å². The lowest BCUT2D eigenvalue weighted by molar-refractivity contribution is -0.128. The number of rotatable bonds is 9. The van der Waals surface area contributed by atoms with Gasteiger partial charge in [-0.1, -0.05) is 32.4 Å². The van der Waals surface area contributed by atoms with Crippen molar-refractivity contribution in [3.8, 4) is 5.75 Å². The normalized spacial score (nSPS) is 11.3. The molecule has 7 heteroatoms. The quantitative estimate of drug-likeness (QED) is 0.548. The molecule has 0 aliphatic rings. The van der Waals surface area contributed by atoms with E-state index in [0.717, 1.165) is 18.4 Å². The summed E-state index contributed by atoms with van der Waals surface area (Å²) in [5.41, 5.74) is 6.80. The zero-order valence-electron chi connectivity index (χ0n) is 17.7. The lowest BCUT2D eigenvalue weighted by atomic mass is 10.2. The van der Waals surface area contributed by atoms with Crippen LogP contribution < -0.4 is 20.9 Å². The third-order valence-electron chi connectivity index (χ3n) is 4.42. The van der Waals surface area contributed by atoms with Crippen molar-refractivity contribution in [3.05, 3.63) is 59.7 Å². The number of anilines is 1. The van der Waals surface area contributed by atoms with E-state index < -0.39 is 17.9 Å². The molecule has 2 rings (SSSR count). The van der Waals surface area contributed by atoms with E-state index in [1.807, 2.05) is 39.0 Å². The summed E-state index contributed by atoms with van der Waals surface area (Å²) < 4.78 is 5.72. The minimum atomic E-state index is -0.729. The minimum absolute atomic E-state index is 0.0551. The summed E-state index contributed by atoms with van der Waals surface area (Å²) in [7, 11) is 0. The van der Waals surface area contributed by atoms with Crippen molar-refractivity contribution in [2.24, 2.45) is 0 Å². The molecule has 0 heterocycles. The fourth-order valence-electron chi connectivity index (χ4n) is 2.71. The highest BCUT2D eigenvalue weighted by atomic mass is 16.5. The van der Waals surface area contributed by atoms with E-state index in [0.29, 0.717) is 29.8 Å². The molecular formula is C23H29N3O4. The second kappa shape index (κ2) is 11.6. The minimum Gasteiger partial charge on any atom is -0.481 e. The maximum absolute atomic E-state index is 12.4. The molecule has 7 nitrogen and oxygen atoms in total. The molecule has 1 unspecified atom stereocenters. The Bertz CT molecular complexity index is 865. The first-order valence-electron chi connectivity index (χ1n) is 10.2. The number of carbonyl (C=O) groups excluding carboxylic acids is 3. The van der Waals surface area contributed by atoms with Crippen LogP contribution in [0.5, 0.6) is 5.75 Å². The summed E-state index contributed by atoms with van der Waals surface area (Å²) in [6.45, 7) is 5.79. The van der Waals surface area contributed by atoms with E-state index in [-0.39, 0.29) is 5.91 Å². The predicted octanol–water partition coefficient (Wildman–Crippen LogP) is 3.74. The highest BCUT2D eigenvalue weighted by Crippen LogP contribution is 2.15. The number of hydrogen-bond donors (Lipinski definition) is 3. The molecular weight excluding hydrogens is 382 g/mol.